The molecule has 60 valence electrons. The first kappa shape index (κ1) is 8.53. The van der Waals surface area contributed by atoms with Crippen molar-refractivity contribution in [2.45, 2.75) is 13.5 Å². The van der Waals surface area contributed by atoms with Crippen molar-refractivity contribution in [2.24, 2.45) is 5.90 Å². The van der Waals surface area contributed by atoms with Gasteiger partial charge in [0.25, 0.3) is 0 Å². The van der Waals surface area contributed by atoms with E-state index in [0.29, 0.717) is 11.6 Å². The summed E-state index contributed by atoms with van der Waals surface area (Å²) in [6.45, 7) is 2.35. The molecule has 2 N–H and O–H groups in total. The van der Waals surface area contributed by atoms with Crippen molar-refractivity contribution in [2.75, 3.05) is 0 Å². The first-order chi connectivity index (χ1) is 5.24. The van der Waals surface area contributed by atoms with Crippen LogP contribution < -0.4 is 5.90 Å². The molecule has 0 heterocycles. The average Bonchev–Trinajstić information content (AvgIpc) is 1.95. The monoisotopic (exact) mass is 171 g/mol. The van der Waals surface area contributed by atoms with Crippen molar-refractivity contribution >= 4 is 11.6 Å². The van der Waals surface area contributed by atoms with E-state index in [-0.39, 0.29) is 0 Å². The minimum Gasteiger partial charge on any atom is -0.300 e. The van der Waals surface area contributed by atoms with Gasteiger partial charge in [-0.3, -0.25) is 4.84 Å². The molecule has 1 aromatic carbocycles. The topological polar surface area (TPSA) is 35.2 Å². The van der Waals surface area contributed by atoms with Crippen LogP contribution in [-0.2, 0) is 11.4 Å². The molecule has 1 aromatic rings. The molecule has 1 rings (SSSR count). The summed E-state index contributed by atoms with van der Waals surface area (Å²) in [6.07, 6.45) is 0. The second-order valence-corrected chi connectivity index (χ2v) is 2.81. The normalized spacial score (nSPS) is 10.1. The van der Waals surface area contributed by atoms with Gasteiger partial charge in [-0.15, -0.1) is 0 Å². The van der Waals surface area contributed by atoms with Crippen LogP contribution in [-0.4, -0.2) is 0 Å². The third kappa shape index (κ3) is 2.19. The number of hydrogen-bond donors (Lipinski definition) is 1. The van der Waals surface area contributed by atoms with Gasteiger partial charge in [0.15, 0.2) is 0 Å². The third-order valence-corrected chi connectivity index (χ3v) is 1.80. The first-order valence-electron chi connectivity index (χ1n) is 3.30. The van der Waals surface area contributed by atoms with Gasteiger partial charge in [-0.05, 0) is 24.1 Å². The van der Waals surface area contributed by atoms with Crippen molar-refractivity contribution < 1.29 is 4.84 Å². The third-order valence-electron chi connectivity index (χ3n) is 1.45. The Morgan fingerprint density at radius 3 is 2.82 bits per heavy atom. The quantitative estimate of drug-likeness (QED) is 0.692. The molecule has 0 unspecified atom stereocenters. The van der Waals surface area contributed by atoms with Gasteiger partial charge in [-0.25, -0.2) is 5.90 Å². The average molecular weight is 172 g/mol. The molecule has 0 aliphatic rings. The summed E-state index contributed by atoms with van der Waals surface area (Å²) in [5.41, 5.74) is 2.05. The summed E-state index contributed by atoms with van der Waals surface area (Å²) in [4.78, 5) is 4.46. The number of hydrogen-bond acceptors (Lipinski definition) is 2. The zero-order valence-corrected chi connectivity index (χ0v) is 7.06. The fraction of sp³-hybridized carbons (Fsp3) is 0.250. The predicted molar refractivity (Wildman–Crippen MR) is 45.2 cm³/mol. The Kier molecular flexibility index (Phi) is 2.88. The lowest BCUT2D eigenvalue weighted by atomic mass is 10.2. The maximum atomic E-state index is 5.87. The minimum atomic E-state index is 0.360. The minimum absolute atomic E-state index is 0.360. The van der Waals surface area contributed by atoms with Crippen LogP contribution in [0.2, 0.25) is 5.02 Å². The van der Waals surface area contributed by atoms with Gasteiger partial charge >= 0.3 is 0 Å². The fourth-order valence-corrected chi connectivity index (χ4v) is 1.15. The highest BCUT2D eigenvalue weighted by Gasteiger charge is 1.98. The molecule has 0 aliphatic carbocycles. The van der Waals surface area contributed by atoms with E-state index in [1.807, 2.05) is 25.1 Å². The van der Waals surface area contributed by atoms with Crippen LogP contribution in [0, 0.1) is 6.92 Å². The number of benzene rings is 1. The summed E-state index contributed by atoms with van der Waals surface area (Å²) >= 11 is 5.87. The molecule has 11 heavy (non-hydrogen) atoms. The summed E-state index contributed by atoms with van der Waals surface area (Å²) in [7, 11) is 0. The van der Waals surface area contributed by atoms with Gasteiger partial charge in [-0.1, -0.05) is 23.7 Å². The van der Waals surface area contributed by atoms with Crippen LogP contribution in [0.25, 0.3) is 0 Å². The molecule has 0 radical (unpaired) electrons. The lowest BCUT2D eigenvalue weighted by Gasteiger charge is -2.02. The Balaban J connectivity index is 2.90. The van der Waals surface area contributed by atoms with E-state index < -0.39 is 0 Å². The molecular weight excluding hydrogens is 162 g/mol. The second-order valence-electron chi connectivity index (χ2n) is 2.41. The predicted octanol–water partition coefficient (Wildman–Crippen LogP) is 2.04. The Morgan fingerprint density at radius 2 is 2.27 bits per heavy atom. The highest BCUT2D eigenvalue weighted by molar-refractivity contribution is 6.31. The molecule has 0 saturated carbocycles. The maximum absolute atomic E-state index is 5.87. The molecule has 0 bridgehead atoms. The summed E-state index contributed by atoms with van der Waals surface area (Å²) < 4.78 is 0. The van der Waals surface area contributed by atoms with Gasteiger partial charge < -0.3 is 0 Å². The van der Waals surface area contributed by atoms with E-state index in [2.05, 4.69) is 4.84 Å². The molecule has 0 atom stereocenters. The lowest BCUT2D eigenvalue weighted by Crippen LogP contribution is -1.99. The molecule has 0 fully saturated rings. The Hall–Kier alpha value is -0.570. The van der Waals surface area contributed by atoms with Crippen molar-refractivity contribution in [1.82, 2.24) is 0 Å². The highest BCUT2D eigenvalue weighted by atomic mass is 35.5. The second kappa shape index (κ2) is 3.72. The number of aryl methyl sites for hydroxylation is 1. The molecule has 0 saturated heterocycles. The van der Waals surface area contributed by atoms with E-state index in [9.17, 15) is 0 Å². The van der Waals surface area contributed by atoms with Gasteiger partial charge in [0.2, 0.25) is 0 Å². The van der Waals surface area contributed by atoms with Crippen molar-refractivity contribution in [3.05, 3.63) is 34.3 Å². The number of halogens is 1. The van der Waals surface area contributed by atoms with Crippen LogP contribution in [0.3, 0.4) is 0 Å². The van der Waals surface area contributed by atoms with E-state index >= 15 is 0 Å². The number of nitrogens with two attached hydrogens (primary N) is 1. The summed E-state index contributed by atoms with van der Waals surface area (Å²) in [5, 5.41) is 0.704. The van der Waals surface area contributed by atoms with Crippen molar-refractivity contribution in [3.63, 3.8) is 0 Å². The van der Waals surface area contributed by atoms with E-state index in [1.54, 1.807) is 0 Å². The van der Waals surface area contributed by atoms with Crippen LogP contribution in [0.15, 0.2) is 18.2 Å². The molecular formula is C8H10ClNO. The van der Waals surface area contributed by atoms with E-state index in [1.165, 1.54) is 0 Å². The van der Waals surface area contributed by atoms with Crippen molar-refractivity contribution in [3.8, 4) is 0 Å². The van der Waals surface area contributed by atoms with Gasteiger partial charge in [0, 0.05) is 5.02 Å². The zero-order chi connectivity index (χ0) is 8.27. The van der Waals surface area contributed by atoms with Gasteiger partial charge in [0.1, 0.15) is 0 Å². The van der Waals surface area contributed by atoms with Crippen molar-refractivity contribution in [1.29, 1.82) is 0 Å². The van der Waals surface area contributed by atoms with Crippen LogP contribution >= 0.6 is 11.6 Å². The van der Waals surface area contributed by atoms with Gasteiger partial charge in [0.05, 0.1) is 6.61 Å². The van der Waals surface area contributed by atoms with Crippen LogP contribution in [0.4, 0.5) is 0 Å². The first-order valence-corrected chi connectivity index (χ1v) is 3.68. The van der Waals surface area contributed by atoms with Gasteiger partial charge in [-0.2, -0.15) is 0 Å². The van der Waals surface area contributed by atoms with E-state index in [4.69, 9.17) is 17.5 Å². The zero-order valence-electron chi connectivity index (χ0n) is 6.30. The largest absolute Gasteiger partial charge is 0.300 e. The molecule has 0 spiro atoms. The SMILES string of the molecule is Cc1ccc(CON)c(Cl)c1. The summed E-state index contributed by atoms with van der Waals surface area (Å²) in [6, 6.07) is 5.76. The molecule has 0 amide bonds. The van der Waals surface area contributed by atoms with Crippen LogP contribution in [0.1, 0.15) is 11.1 Å². The molecule has 3 heteroatoms. The summed E-state index contributed by atoms with van der Waals surface area (Å²) in [5.74, 6) is 4.91. The maximum Gasteiger partial charge on any atom is 0.0944 e. The Bertz CT molecular complexity index is 250. The number of rotatable bonds is 2. The van der Waals surface area contributed by atoms with Crippen LogP contribution in [0.5, 0.6) is 0 Å². The Morgan fingerprint density at radius 1 is 1.55 bits per heavy atom. The molecule has 2 nitrogen and oxygen atoms in total. The standard InChI is InChI=1S/C8H10ClNO/c1-6-2-3-7(5-11-10)8(9)4-6/h2-4H,5,10H2,1H3. The molecule has 0 aliphatic heterocycles. The lowest BCUT2D eigenvalue weighted by molar-refractivity contribution is 0.124. The smallest absolute Gasteiger partial charge is 0.0944 e. The highest BCUT2D eigenvalue weighted by Crippen LogP contribution is 2.17. The fourth-order valence-electron chi connectivity index (χ4n) is 0.859. The molecule has 0 aromatic heterocycles. The Labute approximate surface area is 70.9 Å². The van der Waals surface area contributed by atoms with E-state index in [0.717, 1.165) is 11.1 Å².